The smallest absolute Gasteiger partial charge is 0.274 e. The number of pyridine rings is 1. The number of anilines is 1. The summed E-state index contributed by atoms with van der Waals surface area (Å²) in [7, 11) is 0. The molecule has 3 N–H and O–H groups in total. The summed E-state index contributed by atoms with van der Waals surface area (Å²) in [6.45, 7) is 11.1. The van der Waals surface area contributed by atoms with Crippen molar-refractivity contribution in [1.29, 1.82) is 0 Å². The number of benzene rings is 1. The maximum absolute atomic E-state index is 12.9. The molecule has 2 heterocycles. The van der Waals surface area contributed by atoms with Crippen LogP contribution in [0.3, 0.4) is 0 Å². The van der Waals surface area contributed by atoms with Crippen molar-refractivity contribution < 1.29 is 4.79 Å². The highest BCUT2D eigenvalue weighted by Gasteiger charge is 2.27. The maximum atomic E-state index is 12.9. The van der Waals surface area contributed by atoms with Gasteiger partial charge in [0.05, 0.1) is 0 Å². The van der Waals surface area contributed by atoms with Crippen LogP contribution in [0, 0.1) is 20.8 Å². The summed E-state index contributed by atoms with van der Waals surface area (Å²) in [5.74, 6) is 5.64. The molecule has 6 nitrogen and oxygen atoms in total. The molecule has 3 rings (SSSR count). The summed E-state index contributed by atoms with van der Waals surface area (Å²) in [5.41, 5.74) is 5.92. The third kappa shape index (κ3) is 3.31. The van der Waals surface area contributed by atoms with E-state index in [4.69, 9.17) is 5.84 Å². The van der Waals surface area contributed by atoms with Crippen LogP contribution in [-0.4, -0.2) is 23.2 Å². The third-order valence-electron chi connectivity index (χ3n) is 5.43. The molecule has 0 fully saturated rings. The fraction of sp³-hybridized carbons (Fsp3) is 0.429. The van der Waals surface area contributed by atoms with Crippen LogP contribution in [0.4, 0.5) is 5.69 Å². The molecular formula is C21H28N4O2. The van der Waals surface area contributed by atoms with E-state index in [1.54, 1.807) is 6.92 Å². The Hall–Kier alpha value is -2.76. The molecule has 0 atom stereocenters. The molecule has 0 saturated heterocycles. The Balaban J connectivity index is 1.87. The number of rotatable bonds is 4. The van der Waals surface area contributed by atoms with E-state index in [0.717, 1.165) is 28.8 Å². The van der Waals surface area contributed by atoms with Crippen molar-refractivity contribution in [3.05, 3.63) is 62.1 Å². The highest BCUT2D eigenvalue weighted by Crippen LogP contribution is 2.35. The fourth-order valence-corrected chi connectivity index (χ4v) is 3.90. The molecule has 0 aliphatic carbocycles. The first kappa shape index (κ1) is 19.0. The van der Waals surface area contributed by atoms with Crippen LogP contribution in [0.1, 0.15) is 52.2 Å². The summed E-state index contributed by atoms with van der Waals surface area (Å²) in [6.07, 6.45) is 0.858. The lowest BCUT2D eigenvalue weighted by Gasteiger charge is -2.26. The Bertz CT molecular complexity index is 960. The fourth-order valence-electron chi connectivity index (χ4n) is 3.90. The molecule has 144 valence electrons. The lowest BCUT2D eigenvalue weighted by atomic mass is 10.00. The average molecular weight is 368 g/mol. The number of nitrogen functional groups attached to an aromatic ring is 1. The van der Waals surface area contributed by atoms with Crippen molar-refractivity contribution >= 4 is 11.6 Å². The molecule has 27 heavy (non-hydrogen) atoms. The highest BCUT2D eigenvalue weighted by molar-refractivity contribution is 5.98. The molecule has 1 amide bonds. The minimum atomic E-state index is -0.270. The first-order valence-electron chi connectivity index (χ1n) is 9.37. The number of carbonyl (C=O) groups excluding carboxylic acids is 1. The van der Waals surface area contributed by atoms with E-state index in [-0.39, 0.29) is 18.0 Å². The highest BCUT2D eigenvalue weighted by atomic mass is 16.2. The molecule has 0 unspecified atom stereocenters. The number of carbonyl (C=O) groups is 1. The van der Waals surface area contributed by atoms with E-state index in [0.29, 0.717) is 22.9 Å². The molecular weight excluding hydrogens is 340 g/mol. The second kappa shape index (κ2) is 7.10. The first-order valence-corrected chi connectivity index (χ1v) is 9.37. The zero-order valence-corrected chi connectivity index (χ0v) is 16.7. The van der Waals surface area contributed by atoms with Gasteiger partial charge in [0.25, 0.3) is 11.5 Å². The second-order valence-corrected chi connectivity index (χ2v) is 7.60. The van der Waals surface area contributed by atoms with Crippen LogP contribution >= 0.6 is 0 Å². The van der Waals surface area contributed by atoms with Crippen molar-refractivity contribution in [3.8, 4) is 0 Å². The van der Waals surface area contributed by atoms with Crippen LogP contribution in [0.5, 0.6) is 0 Å². The molecule has 6 heteroatoms. The number of fused-ring (bicyclic) bond motifs is 1. The Morgan fingerprint density at radius 1 is 1.22 bits per heavy atom. The summed E-state index contributed by atoms with van der Waals surface area (Å²) in [5, 5.41) is 2.91. The number of hydrogen-bond acceptors (Lipinski definition) is 4. The van der Waals surface area contributed by atoms with Crippen molar-refractivity contribution in [2.45, 2.75) is 53.6 Å². The summed E-state index contributed by atoms with van der Waals surface area (Å²) in [6, 6.07) is 6.13. The number of hydrogen-bond donors (Lipinski definition) is 2. The van der Waals surface area contributed by atoms with Crippen LogP contribution < -0.4 is 21.6 Å². The average Bonchev–Trinajstić information content (AvgIpc) is 3.06. The number of aryl methyl sites for hydroxylation is 3. The van der Waals surface area contributed by atoms with E-state index in [1.165, 1.54) is 11.3 Å². The molecule has 1 aliphatic heterocycles. The molecule has 0 spiro atoms. The van der Waals surface area contributed by atoms with E-state index in [1.807, 2.05) is 25.1 Å². The maximum Gasteiger partial charge on any atom is 0.274 e. The zero-order chi connectivity index (χ0) is 19.9. The van der Waals surface area contributed by atoms with Gasteiger partial charge in [0.15, 0.2) is 0 Å². The van der Waals surface area contributed by atoms with Gasteiger partial charge in [-0.3, -0.25) is 9.59 Å². The number of nitrogens with one attached hydrogen (secondary N) is 1. The van der Waals surface area contributed by atoms with E-state index >= 15 is 0 Å². The zero-order valence-electron chi connectivity index (χ0n) is 16.7. The molecule has 0 saturated carbocycles. The van der Waals surface area contributed by atoms with Gasteiger partial charge < -0.3 is 16.1 Å². The van der Waals surface area contributed by atoms with Crippen LogP contribution in [0.25, 0.3) is 0 Å². The molecule has 0 bridgehead atoms. The Morgan fingerprint density at radius 3 is 2.59 bits per heavy atom. The van der Waals surface area contributed by atoms with Gasteiger partial charge >= 0.3 is 0 Å². The van der Waals surface area contributed by atoms with E-state index < -0.39 is 0 Å². The molecule has 0 radical (unpaired) electrons. The molecule has 1 aromatic heterocycles. The number of aromatic nitrogens is 1. The predicted octanol–water partition coefficient (Wildman–Crippen LogP) is 2.19. The normalized spacial score (nSPS) is 13.2. The SMILES string of the molecule is Cc1ccc(C(=O)NCc2c(C)cc(C)n(N)c2=O)c2c1N(C(C)C)CC2. The lowest BCUT2D eigenvalue weighted by Crippen LogP contribution is -2.35. The Labute approximate surface area is 160 Å². The van der Waals surface area contributed by atoms with E-state index in [2.05, 4.69) is 31.0 Å². The summed E-state index contributed by atoms with van der Waals surface area (Å²) in [4.78, 5) is 27.6. The van der Waals surface area contributed by atoms with Gasteiger partial charge in [-0.05, 0) is 69.9 Å². The minimum Gasteiger partial charge on any atom is -0.368 e. The number of amides is 1. The van der Waals surface area contributed by atoms with E-state index in [9.17, 15) is 9.59 Å². The first-order chi connectivity index (χ1) is 12.7. The van der Waals surface area contributed by atoms with Crippen LogP contribution in [-0.2, 0) is 13.0 Å². The number of nitrogens with zero attached hydrogens (tertiary/aromatic N) is 2. The van der Waals surface area contributed by atoms with Gasteiger partial charge in [-0.1, -0.05) is 6.07 Å². The summed E-state index contributed by atoms with van der Waals surface area (Å²) < 4.78 is 1.12. The Kier molecular flexibility index (Phi) is 5.00. The predicted molar refractivity (Wildman–Crippen MR) is 109 cm³/mol. The van der Waals surface area contributed by atoms with Gasteiger partial charge in [0.1, 0.15) is 0 Å². The van der Waals surface area contributed by atoms with Gasteiger partial charge in [-0.2, -0.15) is 0 Å². The number of nitrogens with two attached hydrogens (primary N) is 1. The lowest BCUT2D eigenvalue weighted by molar-refractivity contribution is 0.0950. The Morgan fingerprint density at radius 2 is 1.93 bits per heavy atom. The van der Waals surface area contributed by atoms with Crippen molar-refractivity contribution in [3.63, 3.8) is 0 Å². The van der Waals surface area contributed by atoms with Gasteiger partial charge in [-0.25, -0.2) is 4.68 Å². The molecule has 1 aliphatic rings. The third-order valence-corrected chi connectivity index (χ3v) is 5.43. The molecule has 1 aromatic carbocycles. The van der Waals surface area contributed by atoms with Crippen molar-refractivity contribution in [2.24, 2.45) is 0 Å². The largest absolute Gasteiger partial charge is 0.368 e. The minimum absolute atomic E-state index is 0.153. The van der Waals surface area contributed by atoms with Crippen LogP contribution in [0.15, 0.2) is 23.0 Å². The molecule has 2 aromatic rings. The van der Waals surface area contributed by atoms with Crippen LogP contribution in [0.2, 0.25) is 0 Å². The monoisotopic (exact) mass is 368 g/mol. The summed E-state index contributed by atoms with van der Waals surface area (Å²) >= 11 is 0. The van der Waals surface area contributed by atoms with Crippen molar-refractivity contribution in [2.75, 3.05) is 17.3 Å². The standard InChI is InChI=1S/C21H28N4O2/c1-12(2)24-9-8-16-17(7-6-13(3)19(16)24)20(26)23-11-18-14(4)10-15(5)25(22)21(18)27/h6-7,10,12H,8-9,11,22H2,1-5H3,(H,23,26). The van der Waals surface area contributed by atoms with Gasteiger partial charge in [-0.15, -0.1) is 0 Å². The quantitative estimate of drug-likeness (QED) is 0.811. The van der Waals surface area contributed by atoms with Crippen molar-refractivity contribution in [1.82, 2.24) is 9.99 Å². The van der Waals surface area contributed by atoms with Gasteiger partial charge in [0.2, 0.25) is 0 Å². The topological polar surface area (TPSA) is 80.4 Å². The van der Waals surface area contributed by atoms with Gasteiger partial charge in [0, 0.05) is 41.6 Å². The second-order valence-electron chi connectivity index (χ2n) is 7.60.